The van der Waals surface area contributed by atoms with E-state index in [-0.39, 0.29) is 27.7 Å². The van der Waals surface area contributed by atoms with Gasteiger partial charge in [-0.1, -0.05) is 28.1 Å². The normalized spacial score (nSPS) is 11.5. The number of hydrogen-bond donors (Lipinski definition) is 0. The molecule has 0 amide bonds. The van der Waals surface area contributed by atoms with Crippen molar-refractivity contribution in [2.24, 2.45) is 5.10 Å². The minimum Gasteiger partial charge on any atom is -0.474 e. The Balaban J connectivity index is 1.58. The number of para-hydroxylation sites is 1. The van der Waals surface area contributed by atoms with Gasteiger partial charge in [0.05, 0.1) is 32.6 Å². The predicted octanol–water partition coefficient (Wildman–Crippen LogP) is 6.46. The summed E-state index contributed by atoms with van der Waals surface area (Å²) in [4.78, 5) is 41.2. The van der Waals surface area contributed by atoms with E-state index in [0.717, 1.165) is 14.5 Å². The number of nitrogens with zero attached hydrogens (tertiary/aromatic N) is 4. The first-order valence-electron chi connectivity index (χ1n) is 12.2. The van der Waals surface area contributed by atoms with Gasteiger partial charge in [0, 0.05) is 21.5 Å². The van der Waals surface area contributed by atoms with Crippen molar-refractivity contribution in [1.82, 2.24) is 9.66 Å². The largest absolute Gasteiger partial charge is 0.474 e. The van der Waals surface area contributed by atoms with Gasteiger partial charge in [-0.15, -0.1) is 0 Å². The first-order valence-corrected chi connectivity index (χ1v) is 13.7. The maximum atomic E-state index is 13.5. The zero-order valence-corrected chi connectivity index (χ0v) is 24.7. The molecule has 0 spiro atoms. The lowest BCUT2D eigenvalue weighted by Crippen LogP contribution is -2.20. The van der Waals surface area contributed by atoms with E-state index in [0.29, 0.717) is 22.2 Å². The second-order valence-corrected chi connectivity index (χ2v) is 10.8. The highest BCUT2D eigenvalue weighted by Gasteiger charge is 2.22. The van der Waals surface area contributed by atoms with Crippen LogP contribution in [0, 0.1) is 10.1 Å². The van der Waals surface area contributed by atoms with Crippen molar-refractivity contribution < 1.29 is 23.6 Å². The van der Waals surface area contributed by atoms with Gasteiger partial charge in [0.1, 0.15) is 5.58 Å². The summed E-state index contributed by atoms with van der Waals surface area (Å²) in [5.41, 5.74) is 0.455. The van der Waals surface area contributed by atoms with Crippen molar-refractivity contribution in [2.45, 2.75) is 20.0 Å². The molecule has 0 aliphatic carbocycles. The van der Waals surface area contributed by atoms with Crippen LogP contribution in [0.1, 0.15) is 19.4 Å². The SMILES string of the molecule is CC(C)OC(=O)COc1c(Br)cc(C=Nn2c(-c3cc4cc(Br)ccc4o3)nc3ccccc3c2=O)cc1[N+](=O)[O-]. The van der Waals surface area contributed by atoms with Gasteiger partial charge in [0.15, 0.2) is 12.4 Å². The summed E-state index contributed by atoms with van der Waals surface area (Å²) >= 11 is 6.71. The molecule has 0 atom stereocenters. The number of nitro groups is 1. The van der Waals surface area contributed by atoms with Crippen LogP contribution in [-0.4, -0.2) is 39.5 Å². The zero-order valence-electron chi connectivity index (χ0n) is 21.5. The third-order valence-corrected chi connectivity index (χ3v) is 6.80. The Labute approximate surface area is 248 Å². The van der Waals surface area contributed by atoms with Crippen LogP contribution in [0.25, 0.3) is 33.5 Å². The molecule has 0 fully saturated rings. The van der Waals surface area contributed by atoms with Crippen LogP contribution in [0.15, 0.2) is 83.9 Å². The molecule has 0 aliphatic rings. The standard InChI is InChI=1S/C28H20Br2N4O7/c1-15(2)40-25(35)14-39-26-20(30)9-16(10-22(26)34(37)38)13-31-33-27(32-21-6-4-3-5-19(21)28(33)36)24-12-17-11-18(29)7-8-23(17)41-24/h3-13,15H,14H2,1-2H3. The first-order chi connectivity index (χ1) is 19.6. The molecule has 13 heteroatoms. The molecule has 0 bridgehead atoms. The van der Waals surface area contributed by atoms with Crippen LogP contribution >= 0.6 is 31.9 Å². The number of ether oxygens (including phenoxy) is 2. The molecule has 5 aromatic rings. The Morgan fingerprint density at radius 3 is 2.71 bits per heavy atom. The van der Waals surface area contributed by atoms with E-state index in [2.05, 4.69) is 41.9 Å². The molecule has 5 rings (SSSR count). The molecule has 0 unspecified atom stereocenters. The summed E-state index contributed by atoms with van der Waals surface area (Å²) in [6, 6.07) is 16.8. The fourth-order valence-electron chi connectivity index (χ4n) is 4.02. The van der Waals surface area contributed by atoms with Gasteiger partial charge in [-0.2, -0.15) is 9.78 Å². The van der Waals surface area contributed by atoms with Crippen molar-refractivity contribution >= 4 is 71.6 Å². The quantitative estimate of drug-likeness (QED) is 0.0786. The summed E-state index contributed by atoms with van der Waals surface area (Å²) in [7, 11) is 0. The molecule has 0 N–H and O–H groups in total. The number of hydrogen-bond acceptors (Lipinski definition) is 9. The molecule has 0 saturated heterocycles. The number of esters is 1. The molecule has 2 heterocycles. The number of carbonyl (C=O) groups excluding carboxylic acids is 1. The van der Waals surface area contributed by atoms with Gasteiger partial charge in [-0.05, 0) is 72.2 Å². The number of fused-ring (bicyclic) bond motifs is 2. The lowest BCUT2D eigenvalue weighted by atomic mass is 10.2. The van der Waals surface area contributed by atoms with E-state index >= 15 is 0 Å². The van der Waals surface area contributed by atoms with Crippen molar-refractivity contribution in [3.63, 3.8) is 0 Å². The van der Waals surface area contributed by atoms with Gasteiger partial charge in [-0.3, -0.25) is 14.9 Å². The van der Waals surface area contributed by atoms with E-state index in [9.17, 15) is 19.7 Å². The van der Waals surface area contributed by atoms with E-state index in [1.54, 1.807) is 50.2 Å². The highest BCUT2D eigenvalue weighted by Crippen LogP contribution is 2.36. The van der Waals surface area contributed by atoms with Gasteiger partial charge in [0.2, 0.25) is 11.6 Å². The third kappa shape index (κ3) is 6.05. The zero-order chi connectivity index (χ0) is 29.3. The maximum Gasteiger partial charge on any atom is 0.344 e. The Morgan fingerprint density at radius 2 is 1.95 bits per heavy atom. The number of nitro benzene ring substituents is 1. The number of halogens is 2. The fraction of sp³-hybridized carbons (Fsp3) is 0.143. The molecule has 3 aromatic carbocycles. The molecule has 2 aromatic heterocycles. The molecular formula is C28H20Br2N4O7. The highest BCUT2D eigenvalue weighted by molar-refractivity contribution is 9.10. The van der Waals surface area contributed by atoms with E-state index in [1.807, 2.05) is 12.1 Å². The second kappa shape index (κ2) is 11.6. The van der Waals surface area contributed by atoms with E-state index < -0.39 is 28.7 Å². The average Bonchev–Trinajstić information content (AvgIpc) is 3.34. The Bertz CT molecular complexity index is 1910. The molecule has 0 aliphatic heterocycles. The van der Waals surface area contributed by atoms with E-state index in [4.69, 9.17) is 13.9 Å². The van der Waals surface area contributed by atoms with Crippen LogP contribution in [0.5, 0.6) is 5.75 Å². The minimum absolute atomic E-state index is 0.147. The van der Waals surface area contributed by atoms with Crippen LogP contribution in [0.3, 0.4) is 0 Å². The Morgan fingerprint density at radius 1 is 1.17 bits per heavy atom. The van der Waals surface area contributed by atoms with Crippen molar-refractivity contribution in [2.75, 3.05) is 6.61 Å². The van der Waals surface area contributed by atoms with Gasteiger partial charge >= 0.3 is 11.7 Å². The molecule has 41 heavy (non-hydrogen) atoms. The molecule has 0 saturated carbocycles. The number of aromatic nitrogens is 2. The summed E-state index contributed by atoms with van der Waals surface area (Å²) < 4.78 is 18.6. The molecular weight excluding hydrogens is 664 g/mol. The van der Waals surface area contributed by atoms with Crippen LogP contribution in [-0.2, 0) is 9.53 Å². The Kier molecular flexibility index (Phi) is 7.99. The van der Waals surface area contributed by atoms with Crippen molar-refractivity contribution in [1.29, 1.82) is 0 Å². The summed E-state index contributed by atoms with van der Waals surface area (Å²) in [5, 5.41) is 17.3. The lowest BCUT2D eigenvalue weighted by Gasteiger charge is -2.11. The molecule has 0 radical (unpaired) electrons. The predicted molar refractivity (Wildman–Crippen MR) is 159 cm³/mol. The monoisotopic (exact) mass is 682 g/mol. The molecule has 208 valence electrons. The topological polar surface area (TPSA) is 139 Å². The fourth-order valence-corrected chi connectivity index (χ4v) is 4.98. The number of furan rings is 1. The maximum absolute atomic E-state index is 13.5. The van der Waals surface area contributed by atoms with Gasteiger partial charge in [-0.25, -0.2) is 9.78 Å². The third-order valence-electron chi connectivity index (χ3n) is 5.72. The highest BCUT2D eigenvalue weighted by atomic mass is 79.9. The van der Waals surface area contributed by atoms with Crippen LogP contribution < -0.4 is 10.3 Å². The summed E-state index contributed by atoms with van der Waals surface area (Å²) in [6.07, 6.45) is 0.928. The first kappa shape index (κ1) is 28.2. The van der Waals surface area contributed by atoms with Crippen molar-refractivity contribution in [3.05, 3.63) is 95.6 Å². The number of rotatable bonds is 8. The summed E-state index contributed by atoms with van der Waals surface area (Å²) in [6.45, 7) is 2.85. The minimum atomic E-state index is -0.666. The summed E-state index contributed by atoms with van der Waals surface area (Å²) in [5.74, 6) is -0.358. The van der Waals surface area contributed by atoms with Crippen LogP contribution in [0.2, 0.25) is 0 Å². The van der Waals surface area contributed by atoms with Crippen LogP contribution in [0.4, 0.5) is 5.69 Å². The number of carbonyl (C=O) groups is 1. The van der Waals surface area contributed by atoms with Crippen molar-refractivity contribution in [3.8, 4) is 17.3 Å². The lowest BCUT2D eigenvalue weighted by molar-refractivity contribution is -0.385. The van der Waals surface area contributed by atoms with Gasteiger partial charge in [0.25, 0.3) is 5.56 Å². The Hall–Kier alpha value is -4.36. The molecule has 11 nitrogen and oxygen atoms in total. The van der Waals surface area contributed by atoms with E-state index in [1.165, 1.54) is 18.3 Å². The average molecular weight is 684 g/mol. The number of benzene rings is 3. The smallest absolute Gasteiger partial charge is 0.344 e. The second-order valence-electron chi connectivity index (χ2n) is 9.04. The van der Waals surface area contributed by atoms with Gasteiger partial charge < -0.3 is 13.9 Å².